The smallest absolute Gasteiger partial charge is 0.326 e. The molecular weight excluding hydrogens is 398 g/mol. The van der Waals surface area contributed by atoms with Gasteiger partial charge in [0.15, 0.2) is 3.95 Å². The highest BCUT2D eigenvalue weighted by atomic mass is 32.1. The second-order valence-electron chi connectivity index (χ2n) is 6.28. The summed E-state index contributed by atoms with van der Waals surface area (Å²) in [5, 5.41) is -0.593. The van der Waals surface area contributed by atoms with E-state index in [1.807, 2.05) is 60.0 Å². The first kappa shape index (κ1) is 18.3. The van der Waals surface area contributed by atoms with Gasteiger partial charge in [-0.3, -0.25) is 9.36 Å². The van der Waals surface area contributed by atoms with Gasteiger partial charge in [-0.25, -0.2) is 0 Å². The predicted octanol–water partition coefficient (Wildman–Crippen LogP) is 4.93. The summed E-state index contributed by atoms with van der Waals surface area (Å²) in [6.07, 6.45) is 0. The minimum absolute atomic E-state index is 0.229. The summed E-state index contributed by atoms with van der Waals surface area (Å²) in [5.41, 5.74) is 2.94. The van der Waals surface area contributed by atoms with E-state index in [-0.39, 0.29) is 11.9 Å². The number of hydrogen-bond donors (Lipinski definition) is 1. The van der Waals surface area contributed by atoms with Crippen LogP contribution in [0, 0.1) is 10.9 Å². The van der Waals surface area contributed by atoms with E-state index in [1.54, 1.807) is 7.11 Å². The Morgan fingerprint density at radius 3 is 2.56 bits per heavy atom. The third-order valence-corrected chi connectivity index (χ3v) is 6.61. The third-order valence-electron chi connectivity index (χ3n) is 4.66. The average molecular weight is 416 g/mol. The van der Waals surface area contributed by atoms with Gasteiger partial charge < -0.3 is 9.47 Å². The van der Waals surface area contributed by atoms with Crippen molar-refractivity contribution >= 4 is 42.2 Å². The topological polar surface area (TPSA) is 40.5 Å². The molecule has 7 heteroatoms. The SMILES string of the molecule is COc1ccc([C@H]2c3sc(=S)n(-c4ccccc4C)c3OC(=O)[C@@H]2S)cc1. The summed E-state index contributed by atoms with van der Waals surface area (Å²) < 4.78 is 13.4. The van der Waals surface area contributed by atoms with Crippen molar-refractivity contribution < 1.29 is 14.3 Å². The maximum absolute atomic E-state index is 12.6. The van der Waals surface area contributed by atoms with Gasteiger partial charge in [-0.15, -0.1) is 11.3 Å². The summed E-state index contributed by atoms with van der Waals surface area (Å²) in [6.45, 7) is 2.01. The van der Waals surface area contributed by atoms with Crippen molar-refractivity contribution in [2.75, 3.05) is 7.11 Å². The van der Waals surface area contributed by atoms with Crippen LogP contribution >= 0.6 is 36.2 Å². The second-order valence-corrected chi connectivity index (χ2v) is 8.51. The molecule has 0 aliphatic carbocycles. The van der Waals surface area contributed by atoms with Gasteiger partial charge in [0.25, 0.3) is 0 Å². The van der Waals surface area contributed by atoms with Crippen molar-refractivity contribution in [1.29, 1.82) is 0 Å². The molecule has 0 saturated carbocycles. The van der Waals surface area contributed by atoms with E-state index in [0.717, 1.165) is 27.4 Å². The van der Waals surface area contributed by atoms with Gasteiger partial charge in [0.2, 0.25) is 5.88 Å². The van der Waals surface area contributed by atoms with Crippen LogP contribution in [-0.4, -0.2) is 22.9 Å². The largest absolute Gasteiger partial charge is 0.497 e. The normalized spacial score (nSPS) is 18.7. The van der Waals surface area contributed by atoms with E-state index in [0.29, 0.717) is 9.83 Å². The number of hydrogen-bond acceptors (Lipinski definition) is 6. The summed E-state index contributed by atoms with van der Waals surface area (Å²) in [6, 6.07) is 15.6. The molecule has 1 aliphatic heterocycles. The number of benzene rings is 2. The third kappa shape index (κ3) is 3.09. The van der Waals surface area contributed by atoms with E-state index in [2.05, 4.69) is 12.6 Å². The Morgan fingerprint density at radius 1 is 1.19 bits per heavy atom. The standard InChI is InChI=1S/C20H17NO3S3/c1-11-5-3-4-6-14(11)21-18-17(27-20(21)26)15(16(25)19(22)24-18)12-7-9-13(23-2)10-8-12/h3-10,15-16,25H,1-2H3/t15-,16-/m1/s1. The lowest BCUT2D eigenvalue weighted by atomic mass is 9.92. The lowest BCUT2D eigenvalue weighted by Gasteiger charge is -2.27. The monoisotopic (exact) mass is 415 g/mol. The Balaban J connectivity index is 1.90. The van der Waals surface area contributed by atoms with Crippen molar-refractivity contribution in [3.05, 3.63) is 68.5 Å². The zero-order valence-corrected chi connectivity index (χ0v) is 17.2. The molecule has 0 bridgehead atoms. The number of para-hydroxylation sites is 1. The predicted molar refractivity (Wildman–Crippen MR) is 112 cm³/mol. The highest BCUT2D eigenvalue weighted by molar-refractivity contribution is 7.81. The Bertz CT molecular complexity index is 1070. The number of ether oxygens (including phenoxy) is 2. The van der Waals surface area contributed by atoms with E-state index >= 15 is 0 Å². The van der Waals surface area contributed by atoms with Crippen molar-refractivity contribution in [1.82, 2.24) is 4.57 Å². The number of rotatable bonds is 3. The first-order chi connectivity index (χ1) is 13.0. The number of nitrogens with zero attached hydrogens (tertiary/aromatic N) is 1. The van der Waals surface area contributed by atoms with Crippen molar-refractivity contribution in [2.45, 2.75) is 18.1 Å². The van der Waals surface area contributed by atoms with Gasteiger partial charge in [0.1, 0.15) is 11.0 Å². The number of carbonyl (C=O) groups excluding carboxylic acids is 1. The number of thiazole rings is 1. The van der Waals surface area contributed by atoms with Crippen LogP contribution in [0.4, 0.5) is 0 Å². The van der Waals surface area contributed by atoms with E-state index in [4.69, 9.17) is 21.7 Å². The summed E-state index contributed by atoms with van der Waals surface area (Å²) in [5.74, 6) is 0.655. The van der Waals surface area contributed by atoms with E-state index in [1.165, 1.54) is 11.3 Å². The summed E-state index contributed by atoms with van der Waals surface area (Å²) in [4.78, 5) is 13.5. The van der Waals surface area contributed by atoms with Crippen molar-refractivity contribution in [3.63, 3.8) is 0 Å². The molecule has 2 heterocycles. The highest BCUT2D eigenvalue weighted by Crippen LogP contribution is 2.46. The fourth-order valence-corrected chi connectivity index (χ4v) is 5.28. The van der Waals surface area contributed by atoms with Crippen LogP contribution in [0.5, 0.6) is 11.6 Å². The van der Waals surface area contributed by atoms with Crippen LogP contribution in [-0.2, 0) is 4.79 Å². The molecule has 0 saturated heterocycles. The van der Waals surface area contributed by atoms with E-state index in [9.17, 15) is 4.79 Å². The maximum Gasteiger partial charge on any atom is 0.326 e. The van der Waals surface area contributed by atoms with Gasteiger partial charge in [0.05, 0.1) is 17.7 Å². The lowest BCUT2D eigenvalue weighted by Crippen LogP contribution is -2.33. The minimum atomic E-state index is -0.593. The van der Waals surface area contributed by atoms with Crippen molar-refractivity contribution in [2.24, 2.45) is 0 Å². The Kier molecular flexibility index (Phi) is 4.84. The number of aryl methyl sites for hydroxylation is 1. The molecule has 1 aliphatic rings. The number of esters is 1. The molecule has 0 fully saturated rings. The Hall–Kier alpha value is -2.09. The second kappa shape index (κ2) is 7.14. The van der Waals surface area contributed by atoms with E-state index < -0.39 is 5.25 Å². The molecular formula is C20H17NO3S3. The number of fused-ring (bicyclic) bond motifs is 1. The molecule has 2 aromatic carbocycles. The van der Waals surface area contributed by atoms with Crippen LogP contribution in [0.3, 0.4) is 0 Å². The molecule has 0 radical (unpaired) electrons. The zero-order valence-electron chi connectivity index (χ0n) is 14.7. The van der Waals surface area contributed by atoms with Crippen LogP contribution < -0.4 is 9.47 Å². The minimum Gasteiger partial charge on any atom is -0.497 e. The lowest BCUT2D eigenvalue weighted by molar-refractivity contribution is -0.135. The summed E-state index contributed by atoms with van der Waals surface area (Å²) >= 11 is 11.6. The first-order valence-electron chi connectivity index (χ1n) is 8.36. The quantitative estimate of drug-likeness (QED) is 0.374. The van der Waals surface area contributed by atoms with Gasteiger partial charge in [-0.2, -0.15) is 12.6 Å². The van der Waals surface area contributed by atoms with Crippen LogP contribution in [0.15, 0.2) is 48.5 Å². The molecule has 1 aromatic heterocycles. The number of thiol groups is 1. The number of aromatic nitrogens is 1. The van der Waals surface area contributed by atoms with Gasteiger partial charge in [-0.1, -0.05) is 30.3 Å². The average Bonchev–Trinajstić information content (AvgIpc) is 2.98. The zero-order chi connectivity index (χ0) is 19.1. The molecule has 27 heavy (non-hydrogen) atoms. The fraction of sp³-hybridized carbons (Fsp3) is 0.200. The number of methoxy groups -OCH3 is 1. The Morgan fingerprint density at radius 2 is 1.89 bits per heavy atom. The molecule has 138 valence electrons. The van der Waals surface area contributed by atoms with Gasteiger partial charge in [0, 0.05) is 5.92 Å². The van der Waals surface area contributed by atoms with Crippen molar-refractivity contribution in [3.8, 4) is 17.3 Å². The molecule has 4 nitrogen and oxygen atoms in total. The van der Waals surface area contributed by atoms with Gasteiger partial charge >= 0.3 is 5.97 Å². The molecule has 0 amide bonds. The summed E-state index contributed by atoms with van der Waals surface area (Å²) in [7, 11) is 1.63. The highest BCUT2D eigenvalue weighted by Gasteiger charge is 2.40. The molecule has 0 spiro atoms. The molecule has 0 unspecified atom stereocenters. The van der Waals surface area contributed by atoms with Crippen LogP contribution in [0.2, 0.25) is 0 Å². The molecule has 0 N–H and O–H groups in total. The fourth-order valence-electron chi connectivity index (χ4n) is 3.27. The molecule has 2 atom stereocenters. The van der Waals surface area contributed by atoms with Gasteiger partial charge in [-0.05, 0) is 48.5 Å². The Labute approximate surface area is 171 Å². The first-order valence-corrected chi connectivity index (χ1v) is 10.1. The van der Waals surface area contributed by atoms with Crippen LogP contribution in [0.25, 0.3) is 5.69 Å². The molecule has 3 aromatic rings. The van der Waals surface area contributed by atoms with Crippen LogP contribution in [0.1, 0.15) is 21.9 Å². The maximum atomic E-state index is 12.6. The number of carbonyl (C=O) groups is 1. The molecule has 4 rings (SSSR count).